The second-order valence-corrected chi connectivity index (χ2v) is 4.42. The van der Waals surface area contributed by atoms with Crippen LogP contribution < -0.4 is 5.32 Å². The van der Waals surface area contributed by atoms with Gasteiger partial charge in [0, 0.05) is 6.04 Å². The van der Waals surface area contributed by atoms with Crippen LogP contribution in [0.4, 0.5) is 0 Å². The van der Waals surface area contributed by atoms with Crippen molar-refractivity contribution in [1.82, 2.24) is 5.32 Å². The Bertz CT molecular complexity index is 296. The van der Waals surface area contributed by atoms with E-state index >= 15 is 0 Å². The van der Waals surface area contributed by atoms with E-state index in [9.17, 15) is 5.11 Å². The molecule has 0 aliphatic rings. The predicted molar refractivity (Wildman–Crippen MR) is 61.8 cm³/mol. The van der Waals surface area contributed by atoms with Gasteiger partial charge < -0.3 is 19.9 Å². The fourth-order valence-electron chi connectivity index (χ4n) is 1.64. The Morgan fingerprint density at radius 1 is 1.25 bits per heavy atom. The first-order chi connectivity index (χ1) is 7.65. The van der Waals surface area contributed by atoms with Crippen LogP contribution in [-0.2, 0) is 13.2 Å². The van der Waals surface area contributed by atoms with Gasteiger partial charge in [0.15, 0.2) is 0 Å². The number of hydrogen-bond acceptors (Lipinski definition) is 4. The lowest BCUT2D eigenvalue weighted by atomic mass is 10.0. The molecule has 0 fully saturated rings. The zero-order valence-electron chi connectivity index (χ0n) is 9.94. The van der Waals surface area contributed by atoms with Gasteiger partial charge in [-0.2, -0.15) is 0 Å². The van der Waals surface area contributed by atoms with Gasteiger partial charge in [0.05, 0.1) is 13.2 Å². The molecule has 4 heteroatoms. The maximum atomic E-state index is 9.17. The fourth-order valence-corrected chi connectivity index (χ4v) is 1.64. The van der Waals surface area contributed by atoms with Crippen LogP contribution in [0.3, 0.4) is 0 Å². The van der Waals surface area contributed by atoms with Crippen molar-refractivity contribution in [3.8, 4) is 0 Å². The van der Waals surface area contributed by atoms with Crippen molar-refractivity contribution >= 4 is 0 Å². The molecule has 0 amide bonds. The molecule has 3 N–H and O–H groups in total. The minimum Gasteiger partial charge on any atom is -0.462 e. The fraction of sp³-hybridized carbons (Fsp3) is 0.667. The van der Waals surface area contributed by atoms with E-state index in [4.69, 9.17) is 9.52 Å². The molecule has 92 valence electrons. The van der Waals surface area contributed by atoms with Gasteiger partial charge >= 0.3 is 0 Å². The Morgan fingerprint density at radius 3 is 2.44 bits per heavy atom. The van der Waals surface area contributed by atoms with Crippen LogP contribution in [0.15, 0.2) is 16.5 Å². The maximum absolute atomic E-state index is 9.17. The molecule has 16 heavy (non-hydrogen) atoms. The van der Waals surface area contributed by atoms with Crippen LogP contribution >= 0.6 is 0 Å². The standard InChI is InChI=1S/C12H21NO3/c1-9(2)5-10(7-14)13-6-11-3-4-12(8-15)16-11/h3-4,9-10,13-15H,5-8H2,1-2H3. The third kappa shape index (κ3) is 4.35. The minimum absolute atomic E-state index is 0.0740. The van der Waals surface area contributed by atoms with E-state index < -0.39 is 0 Å². The summed E-state index contributed by atoms with van der Waals surface area (Å²) in [5, 5.41) is 21.2. The molecule has 1 aromatic rings. The van der Waals surface area contributed by atoms with Crippen LogP contribution in [0.1, 0.15) is 31.8 Å². The summed E-state index contributed by atoms with van der Waals surface area (Å²) in [5.41, 5.74) is 0. The average Bonchev–Trinajstić information content (AvgIpc) is 2.71. The molecule has 0 aliphatic carbocycles. The van der Waals surface area contributed by atoms with Crippen molar-refractivity contribution in [1.29, 1.82) is 0 Å². The minimum atomic E-state index is -0.0740. The van der Waals surface area contributed by atoms with Crippen molar-refractivity contribution in [2.24, 2.45) is 5.92 Å². The normalized spacial score (nSPS) is 13.3. The summed E-state index contributed by atoms with van der Waals surface area (Å²) in [6.45, 7) is 4.89. The number of hydrogen-bond donors (Lipinski definition) is 3. The summed E-state index contributed by atoms with van der Waals surface area (Å²) in [7, 11) is 0. The highest BCUT2D eigenvalue weighted by molar-refractivity contribution is 5.06. The molecule has 1 aromatic heterocycles. The van der Waals surface area contributed by atoms with Crippen molar-refractivity contribution < 1.29 is 14.6 Å². The first-order valence-electron chi connectivity index (χ1n) is 5.68. The number of nitrogens with one attached hydrogen (secondary N) is 1. The monoisotopic (exact) mass is 227 g/mol. The Kier molecular flexibility index (Phi) is 5.52. The topological polar surface area (TPSA) is 65.6 Å². The van der Waals surface area contributed by atoms with Gasteiger partial charge in [0.1, 0.15) is 18.1 Å². The van der Waals surface area contributed by atoms with Gasteiger partial charge in [0.2, 0.25) is 0 Å². The third-order valence-corrected chi connectivity index (χ3v) is 2.41. The molecule has 0 radical (unpaired) electrons. The largest absolute Gasteiger partial charge is 0.462 e. The summed E-state index contributed by atoms with van der Waals surface area (Å²) in [6.07, 6.45) is 0.935. The zero-order chi connectivity index (χ0) is 12.0. The summed E-state index contributed by atoms with van der Waals surface area (Å²) in [6, 6.07) is 3.69. The SMILES string of the molecule is CC(C)CC(CO)NCc1ccc(CO)o1. The summed E-state index contributed by atoms with van der Waals surface area (Å²) in [5.74, 6) is 1.90. The van der Waals surface area contributed by atoms with Crippen LogP contribution in [0.2, 0.25) is 0 Å². The van der Waals surface area contributed by atoms with E-state index in [0.717, 1.165) is 12.2 Å². The van der Waals surface area contributed by atoms with Gasteiger partial charge in [-0.1, -0.05) is 13.8 Å². The third-order valence-electron chi connectivity index (χ3n) is 2.41. The van der Waals surface area contributed by atoms with Crippen molar-refractivity contribution in [3.63, 3.8) is 0 Å². The first-order valence-corrected chi connectivity index (χ1v) is 5.68. The molecule has 0 aromatic carbocycles. The molecule has 0 aliphatic heterocycles. The number of aliphatic hydroxyl groups is 2. The summed E-state index contributed by atoms with van der Waals surface area (Å²) in [4.78, 5) is 0. The van der Waals surface area contributed by atoms with Crippen LogP contribution in [-0.4, -0.2) is 22.9 Å². The van der Waals surface area contributed by atoms with Crippen LogP contribution in [0.5, 0.6) is 0 Å². The summed E-state index contributed by atoms with van der Waals surface area (Å²) < 4.78 is 5.34. The maximum Gasteiger partial charge on any atom is 0.129 e. The molecular formula is C12H21NO3. The van der Waals surface area contributed by atoms with E-state index in [2.05, 4.69) is 19.2 Å². The predicted octanol–water partition coefficient (Wildman–Crippen LogP) is 1.27. The lowest BCUT2D eigenvalue weighted by molar-refractivity contribution is 0.217. The Hall–Kier alpha value is -0.840. The molecule has 0 spiro atoms. The van der Waals surface area contributed by atoms with E-state index in [-0.39, 0.29) is 19.3 Å². The molecule has 4 nitrogen and oxygen atoms in total. The van der Waals surface area contributed by atoms with Gasteiger partial charge in [-0.05, 0) is 24.5 Å². The Balaban J connectivity index is 2.36. The molecule has 1 unspecified atom stereocenters. The quantitative estimate of drug-likeness (QED) is 0.656. The molecule has 0 saturated heterocycles. The highest BCUT2D eigenvalue weighted by atomic mass is 16.4. The molecule has 1 heterocycles. The number of rotatable bonds is 7. The van der Waals surface area contributed by atoms with Gasteiger partial charge in [-0.25, -0.2) is 0 Å². The molecular weight excluding hydrogens is 206 g/mol. The first kappa shape index (κ1) is 13.2. The van der Waals surface area contributed by atoms with E-state index in [0.29, 0.717) is 18.2 Å². The molecule has 0 bridgehead atoms. The van der Waals surface area contributed by atoms with Crippen molar-refractivity contribution in [2.45, 2.75) is 39.5 Å². The highest BCUT2D eigenvalue weighted by Crippen LogP contribution is 2.09. The van der Waals surface area contributed by atoms with E-state index in [1.807, 2.05) is 6.07 Å². The van der Waals surface area contributed by atoms with E-state index in [1.165, 1.54) is 0 Å². The second-order valence-electron chi connectivity index (χ2n) is 4.42. The Morgan fingerprint density at radius 2 is 1.94 bits per heavy atom. The lowest BCUT2D eigenvalue weighted by Crippen LogP contribution is -2.33. The average molecular weight is 227 g/mol. The highest BCUT2D eigenvalue weighted by Gasteiger charge is 2.10. The second kappa shape index (κ2) is 6.68. The molecule has 1 rings (SSSR count). The molecule has 1 atom stereocenters. The number of aliphatic hydroxyl groups excluding tert-OH is 2. The van der Waals surface area contributed by atoms with Crippen LogP contribution in [0, 0.1) is 5.92 Å². The zero-order valence-corrected chi connectivity index (χ0v) is 9.94. The smallest absolute Gasteiger partial charge is 0.129 e. The van der Waals surface area contributed by atoms with Gasteiger partial charge in [0.25, 0.3) is 0 Å². The Labute approximate surface area is 96.3 Å². The molecule has 0 saturated carbocycles. The van der Waals surface area contributed by atoms with Gasteiger partial charge in [-0.3, -0.25) is 0 Å². The lowest BCUT2D eigenvalue weighted by Gasteiger charge is -2.17. The van der Waals surface area contributed by atoms with Crippen molar-refractivity contribution in [2.75, 3.05) is 6.61 Å². The van der Waals surface area contributed by atoms with Crippen molar-refractivity contribution in [3.05, 3.63) is 23.7 Å². The van der Waals surface area contributed by atoms with Crippen LogP contribution in [0.25, 0.3) is 0 Å². The number of furan rings is 1. The van der Waals surface area contributed by atoms with Gasteiger partial charge in [-0.15, -0.1) is 0 Å². The van der Waals surface area contributed by atoms with E-state index in [1.54, 1.807) is 6.07 Å². The summed E-state index contributed by atoms with van der Waals surface area (Å²) >= 11 is 0.